The maximum Gasteiger partial charge on any atom is 0.168 e. The molecule has 1 N–H and O–H groups in total. The maximum atomic E-state index is 12.1. The van der Waals surface area contributed by atoms with Crippen LogP contribution in [-0.4, -0.2) is 17.5 Å². The van der Waals surface area contributed by atoms with Crippen LogP contribution in [0.5, 0.6) is 0 Å². The SMILES string of the molecule is CCC(CO)C(=O)c1ccc(C)c(C)c1C. The highest BCUT2D eigenvalue weighted by Gasteiger charge is 2.19. The highest BCUT2D eigenvalue weighted by Crippen LogP contribution is 2.21. The van der Waals surface area contributed by atoms with Crippen LogP contribution in [0.15, 0.2) is 12.1 Å². The van der Waals surface area contributed by atoms with Crippen molar-refractivity contribution in [1.29, 1.82) is 0 Å². The lowest BCUT2D eigenvalue weighted by Gasteiger charge is -2.14. The van der Waals surface area contributed by atoms with Crippen LogP contribution in [-0.2, 0) is 0 Å². The van der Waals surface area contributed by atoms with E-state index in [4.69, 9.17) is 5.11 Å². The molecule has 0 saturated carbocycles. The van der Waals surface area contributed by atoms with Crippen LogP contribution in [0.2, 0.25) is 0 Å². The number of rotatable bonds is 4. The average Bonchev–Trinajstić information content (AvgIpc) is 2.27. The van der Waals surface area contributed by atoms with E-state index in [0.717, 1.165) is 11.1 Å². The summed E-state index contributed by atoms with van der Waals surface area (Å²) in [7, 11) is 0. The molecule has 1 unspecified atom stereocenters. The third kappa shape index (κ3) is 2.33. The van der Waals surface area contributed by atoms with Crippen molar-refractivity contribution in [2.75, 3.05) is 6.61 Å². The summed E-state index contributed by atoms with van der Waals surface area (Å²) >= 11 is 0. The van der Waals surface area contributed by atoms with Crippen LogP contribution in [0.4, 0.5) is 0 Å². The molecule has 0 aliphatic rings. The molecule has 0 fully saturated rings. The van der Waals surface area contributed by atoms with Gasteiger partial charge in [-0.05, 0) is 43.9 Å². The summed E-state index contributed by atoms with van der Waals surface area (Å²) in [4.78, 5) is 12.1. The van der Waals surface area contributed by atoms with Crippen molar-refractivity contribution in [1.82, 2.24) is 0 Å². The number of hydrogen-bond donors (Lipinski definition) is 1. The van der Waals surface area contributed by atoms with Gasteiger partial charge in [-0.2, -0.15) is 0 Å². The monoisotopic (exact) mass is 220 g/mol. The van der Waals surface area contributed by atoms with Crippen molar-refractivity contribution in [2.45, 2.75) is 34.1 Å². The zero-order valence-electron chi connectivity index (χ0n) is 10.5. The van der Waals surface area contributed by atoms with E-state index in [9.17, 15) is 4.79 Å². The first-order valence-electron chi connectivity index (χ1n) is 5.74. The van der Waals surface area contributed by atoms with Crippen LogP contribution in [0.25, 0.3) is 0 Å². The largest absolute Gasteiger partial charge is 0.396 e. The van der Waals surface area contributed by atoms with E-state index < -0.39 is 0 Å². The van der Waals surface area contributed by atoms with Gasteiger partial charge in [-0.25, -0.2) is 0 Å². The lowest BCUT2D eigenvalue weighted by Crippen LogP contribution is -2.19. The Hall–Kier alpha value is -1.15. The van der Waals surface area contributed by atoms with E-state index in [-0.39, 0.29) is 18.3 Å². The van der Waals surface area contributed by atoms with Crippen molar-refractivity contribution >= 4 is 5.78 Å². The van der Waals surface area contributed by atoms with E-state index in [1.807, 2.05) is 39.8 Å². The summed E-state index contributed by atoms with van der Waals surface area (Å²) in [6, 6.07) is 3.85. The number of aliphatic hydroxyl groups excluding tert-OH is 1. The van der Waals surface area contributed by atoms with Gasteiger partial charge in [0.25, 0.3) is 0 Å². The minimum atomic E-state index is -0.263. The summed E-state index contributed by atoms with van der Waals surface area (Å²) in [5.74, 6) is -0.202. The quantitative estimate of drug-likeness (QED) is 0.792. The highest BCUT2D eigenvalue weighted by atomic mass is 16.3. The summed E-state index contributed by atoms with van der Waals surface area (Å²) < 4.78 is 0. The van der Waals surface area contributed by atoms with Gasteiger partial charge in [-0.1, -0.05) is 19.1 Å². The minimum absolute atomic E-state index is 0.0607. The first kappa shape index (κ1) is 12.9. The first-order valence-corrected chi connectivity index (χ1v) is 5.74. The summed E-state index contributed by atoms with van der Waals surface area (Å²) in [5, 5.41) is 9.15. The summed E-state index contributed by atoms with van der Waals surface area (Å²) in [5.41, 5.74) is 4.16. The zero-order chi connectivity index (χ0) is 12.3. The fraction of sp³-hybridized carbons (Fsp3) is 0.500. The first-order chi connectivity index (χ1) is 7.52. The lowest BCUT2D eigenvalue weighted by atomic mass is 9.90. The third-order valence-corrected chi connectivity index (χ3v) is 3.41. The second kappa shape index (κ2) is 5.26. The molecule has 0 radical (unpaired) electrons. The summed E-state index contributed by atoms with van der Waals surface area (Å²) in [6.07, 6.45) is 0.682. The smallest absolute Gasteiger partial charge is 0.168 e. The number of Topliss-reactive ketones (excluding diaryl/α,β-unsaturated/α-hetero) is 1. The lowest BCUT2D eigenvalue weighted by molar-refractivity contribution is 0.0855. The number of carbonyl (C=O) groups excluding carboxylic acids is 1. The summed E-state index contributed by atoms with van der Waals surface area (Å²) in [6.45, 7) is 7.90. The fourth-order valence-electron chi connectivity index (χ4n) is 1.84. The topological polar surface area (TPSA) is 37.3 Å². The molecule has 1 aromatic carbocycles. The molecule has 1 atom stereocenters. The van der Waals surface area contributed by atoms with Crippen molar-refractivity contribution in [3.05, 3.63) is 34.4 Å². The molecule has 0 bridgehead atoms. The Bertz CT molecular complexity index is 390. The van der Waals surface area contributed by atoms with E-state index in [1.54, 1.807) is 0 Å². The molecule has 2 nitrogen and oxygen atoms in total. The van der Waals surface area contributed by atoms with Gasteiger partial charge in [0.2, 0.25) is 0 Å². The van der Waals surface area contributed by atoms with Crippen molar-refractivity contribution in [3.63, 3.8) is 0 Å². The number of hydrogen-bond acceptors (Lipinski definition) is 2. The number of aliphatic hydroxyl groups is 1. The van der Waals surface area contributed by atoms with Crippen LogP contribution in [0, 0.1) is 26.7 Å². The predicted molar refractivity (Wildman–Crippen MR) is 65.9 cm³/mol. The van der Waals surface area contributed by atoms with Gasteiger partial charge in [0, 0.05) is 11.5 Å². The van der Waals surface area contributed by atoms with Gasteiger partial charge >= 0.3 is 0 Å². The molecule has 0 heterocycles. The zero-order valence-corrected chi connectivity index (χ0v) is 10.5. The molecule has 0 aliphatic carbocycles. The van der Waals surface area contributed by atoms with Gasteiger partial charge in [0.1, 0.15) is 0 Å². The molecule has 0 amide bonds. The van der Waals surface area contributed by atoms with E-state index in [2.05, 4.69) is 0 Å². The molecule has 1 rings (SSSR count). The van der Waals surface area contributed by atoms with E-state index in [1.165, 1.54) is 11.1 Å². The fourth-order valence-corrected chi connectivity index (χ4v) is 1.84. The van der Waals surface area contributed by atoms with Crippen LogP contribution < -0.4 is 0 Å². The number of benzene rings is 1. The Morgan fingerprint density at radius 3 is 2.38 bits per heavy atom. The van der Waals surface area contributed by atoms with Crippen LogP contribution in [0.3, 0.4) is 0 Å². The van der Waals surface area contributed by atoms with Gasteiger partial charge in [0.15, 0.2) is 5.78 Å². The third-order valence-electron chi connectivity index (χ3n) is 3.41. The molecule has 0 spiro atoms. The number of carbonyl (C=O) groups is 1. The predicted octanol–water partition coefficient (Wildman–Crippen LogP) is 2.81. The average molecular weight is 220 g/mol. The molecule has 0 saturated heterocycles. The normalized spacial score (nSPS) is 12.6. The van der Waals surface area contributed by atoms with Gasteiger partial charge in [-0.3, -0.25) is 4.79 Å². The second-order valence-electron chi connectivity index (χ2n) is 4.33. The van der Waals surface area contributed by atoms with Crippen molar-refractivity contribution in [2.24, 2.45) is 5.92 Å². The molecule has 16 heavy (non-hydrogen) atoms. The molecule has 1 aromatic rings. The van der Waals surface area contributed by atoms with Crippen LogP contribution >= 0.6 is 0 Å². The maximum absolute atomic E-state index is 12.1. The standard InChI is InChI=1S/C14H20O2/c1-5-12(8-15)14(16)13-7-6-9(2)10(3)11(13)4/h6-7,12,15H,5,8H2,1-4H3. The Balaban J connectivity index is 3.14. The van der Waals surface area contributed by atoms with Crippen molar-refractivity contribution in [3.8, 4) is 0 Å². The van der Waals surface area contributed by atoms with Gasteiger partial charge in [0.05, 0.1) is 6.61 Å². The number of aryl methyl sites for hydroxylation is 1. The Morgan fingerprint density at radius 2 is 1.88 bits per heavy atom. The van der Waals surface area contributed by atoms with E-state index in [0.29, 0.717) is 6.42 Å². The van der Waals surface area contributed by atoms with Crippen molar-refractivity contribution < 1.29 is 9.90 Å². The molecular weight excluding hydrogens is 200 g/mol. The molecule has 0 aliphatic heterocycles. The van der Waals surface area contributed by atoms with Gasteiger partial charge < -0.3 is 5.11 Å². The van der Waals surface area contributed by atoms with E-state index >= 15 is 0 Å². The van der Waals surface area contributed by atoms with Crippen LogP contribution in [0.1, 0.15) is 40.4 Å². The molecule has 2 heteroatoms. The second-order valence-corrected chi connectivity index (χ2v) is 4.33. The minimum Gasteiger partial charge on any atom is -0.396 e. The molecule has 0 aromatic heterocycles. The molecule has 88 valence electrons. The number of ketones is 1. The highest BCUT2D eigenvalue weighted by molar-refractivity contribution is 5.99. The Labute approximate surface area is 97.3 Å². The Kier molecular flexibility index (Phi) is 4.25. The van der Waals surface area contributed by atoms with Gasteiger partial charge in [-0.15, -0.1) is 0 Å². The Morgan fingerprint density at radius 1 is 1.25 bits per heavy atom. The molecular formula is C14H20O2.